The van der Waals surface area contributed by atoms with Crippen molar-refractivity contribution in [3.63, 3.8) is 0 Å². The smallest absolute Gasteiger partial charge is 0.234 e. The molecule has 1 N–H and O–H groups in total. The number of hydrogen-bond donors (Lipinski definition) is 1. The topological polar surface area (TPSA) is 41.5 Å². The van der Waals surface area contributed by atoms with Crippen LogP contribution in [0.1, 0.15) is 5.56 Å². The molecule has 1 aliphatic heterocycles. The molecule has 0 aliphatic carbocycles. The summed E-state index contributed by atoms with van der Waals surface area (Å²) in [5, 5.41) is 2.57. The molecule has 0 saturated heterocycles. The van der Waals surface area contributed by atoms with Crippen LogP contribution in [0, 0.1) is 5.82 Å². The maximum atomic E-state index is 13.5. The highest BCUT2D eigenvalue weighted by atomic mass is 32.2. The molecule has 0 atom stereocenters. The lowest BCUT2D eigenvalue weighted by Gasteiger charge is -2.14. The van der Waals surface area contributed by atoms with Gasteiger partial charge in [0, 0.05) is 5.75 Å². The summed E-state index contributed by atoms with van der Waals surface area (Å²) < 4.78 is 14.3. The number of thioether (sulfide) groups is 2. The molecule has 22 heavy (non-hydrogen) atoms. The van der Waals surface area contributed by atoms with E-state index in [0.717, 1.165) is 15.8 Å². The van der Waals surface area contributed by atoms with Crippen molar-refractivity contribution >= 4 is 45.2 Å². The van der Waals surface area contributed by atoms with Gasteiger partial charge in [-0.05, 0) is 23.8 Å². The van der Waals surface area contributed by atoms with Gasteiger partial charge in [0.25, 0.3) is 0 Å². The van der Waals surface area contributed by atoms with E-state index in [4.69, 9.17) is 0 Å². The van der Waals surface area contributed by atoms with Gasteiger partial charge >= 0.3 is 0 Å². The lowest BCUT2D eigenvalue weighted by atomic mass is 10.2. The number of para-hydroxylation sites is 2. The summed E-state index contributed by atoms with van der Waals surface area (Å²) >= 11 is 2.99. The fraction of sp³-hybridized carbons (Fsp3) is 0.125. The van der Waals surface area contributed by atoms with Crippen LogP contribution < -0.4 is 5.32 Å². The molecule has 0 unspecified atom stereocenters. The number of nitrogens with zero attached hydrogens (tertiary/aromatic N) is 1. The van der Waals surface area contributed by atoms with E-state index >= 15 is 0 Å². The Morgan fingerprint density at radius 3 is 2.86 bits per heavy atom. The fourth-order valence-corrected chi connectivity index (χ4v) is 3.82. The number of halogens is 1. The van der Waals surface area contributed by atoms with E-state index < -0.39 is 5.82 Å². The van der Waals surface area contributed by atoms with Gasteiger partial charge in [-0.1, -0.05) is 53.9 Å². The molecule has 1 heterocycles. The summed E-state index contributed by atoms with van der Waals surface area (Å²) in [7, 11) is 0. The summed E-state index contributed by atoms with van der Waals surface area (Å²) in [6.07, 6.45) is 0. The molecule has 1 amide bonds. The Hall–Kier alpha value is -1.79. The van der Waals surface area contributed by atoms with Gasteiger partial charge in [-0.25, -0.2) is 9.38 Å². The number of anilines is 1. The van der Waals surface area contributed by atoms with Gasteiger partial charge in [-0.15, -0.1) is 0 Å². The van der Waals surface area contributed by atoms with Crippen molar-refractivity contribution in [2.45, 2.75) is 5.75 Å². The van der Waals surface area contributed by atoms with Crippen molar-refractivity contribution < 1.29 is 9.18 Å². The predicted molar refractivity (Wildman–Crippen MR) is 92.3 cm³/mol. The Morgan fingerprint density at radius 2 is 2.00 bits per heavy atom. The van der Waals surface area contributed by atoms with Crippen molar-refractivity contribution in [1.29, 1.82) is 0 Å². The second-order valence-corrected chi connectivity index (χ2v) is 6.80. The normalized spacial score (nSPS) is 13.2. The lowest BCUT2D eigenvalue weighted by Crippen LogP contribution is -2.16. The average Bonchev–Trinajstić information content (AvgIpc) is 2.55. The number of rotatable bonds is 3. The van der Waals surface area contributed by atoms with E-state index in [1.165, 1.54) is 23.4 Å². The average molecular weight is 332 g/mol. The first kappa shape index (κ1) is 15.1. The van der Waals surface area contributed by atoms with Crippen LogP contribution in [-0.4, -0.2) is 16.0 Å². The molecule has 2 aromatic carbocycles. The number of hydrogen-bond acceptors (Lipinski definition) is 4. The molecule has 3 nitrogen and oxygen atoms in total. The van der Waals surface area contributed by atoms with Crippen LogP contribution >= 0.6 is 23.5 Å². The summed E-state index contributed by atoms with van der Waals surface area (Å²) in [5.41, 5.74) is 2.36. The third kappa shape index (κ3) is 3.69. The number of fused-ring (bicyclic) bond motifs is 1. The van der Waals surface area contributed by atoms with E-state index in [2.05, 4.69) is 16.4 Å². The molecule has 0 bridgehead atoms. The van der Waals surface area contributed by atoms with Gasteiger partial charge in [0.05, 0.1) is 17.1 Å². The third-order valence-electron chi connectivity index (χ3n) is 3.03. The number of amides is 1. The number of carbonyl (C=O) groups excluding carboxylic acids is 1. The van der Waals surface area contributed by atoms with Crippen LogP contribution in [0.3, 0.4) is 0 Å². The molecule has 6 heteroatoms. The quantitative estimate of drug-likeness (QED) is 0.904. The first-order valence-corrected chi connectivity index (χ1v) is 8.66. The summed E-state index contributed by atoms with van der Waals surface area (Å²) in [5.74, 6) is 0.399. The summed E-state index contributed by atoms with van der Waals surface area (Å²) in [4.78, 5) is 16.4. The number of aliphatic imine (C=N–C) groups is 1. The Kier molecular flexibility index (Phi) is 4.80. The minimum absolute atomic E-state index is 0.205. The maximum Gasteiger partial charge on any atom is 0.234 e. The van der Waals surface area contributed by atoms with Gasteiger partial charge in [0.15, 0.2) is 0 Å². The Balaban J connectivity index is 1.58. The van der Waals surface area contributed by atoms with Gasteiger partial charge in [-0.3, -0.25) is 4.79 Å². The highest BCUT2D eigenvalue weighted by Gasteiger charge is 2.14. The first-order valence-electron chi connectivity index (χ1n) is 6.69. The molecule has 0 aromatic heterocycles. The molecular weight excluding hydrogens is 319 g/mol. The van der Waals surface area contributed by atoms with Crippen molar-refractivity contribution in [2.24, 2.45) is 4.99 Å². The zero-order valence-corrected chi connectivity index (χ0v) is 13.2. The second kappa shape index (κ2) is 6.98. The van der Waals surface area contributed by atoms with Crippen LogP contribution in [0.25, 0.3) is 0 Å². The number of benzene rings is 2. The van der Waals surface area contributed by atoms with Crippen LogP contribution in [0.15, 0.2) is 53.5 Å². The lowest BCUT2D eigenvalue weighted by molar-refractivity contribution is -0.113. The van der Waals surface area contributed by atoms with Crippen molar-refractivity contribution in [1.82, 2.24) is 0 Å². The van der Waals surface area contributed by atoms with E-state index in [0.29, 0.717) is 0 Å². The van der Waals surface area contributed by atoms with E-state index in [-0.39, 0.29) is 17.3 Å². The van der Waals surface area contributed by atoms with Crippen LogP contribution in [0.2, 0.25) is 0 Å². The highest BCUT2D eigenvalue weighted by Crippen LogP contribution is 2.34. The first-order chi connectivity index (χ1) is 10.7. The highest BCUT2D eigenvalue weighted by molar-refractivity contribution is 8.38. The zero-order valence-electron chi connectivity index (χ0n) is 11.6. The SMILES string of the molecule is O=C(CSC1=Nc2ccccc2CS1)Nc1ccccc1F. The van der Waals surface area contributed by atoms with Crippen LogP contribution in [-0.2, 0) is 10.5 Å². The van der Waals surface area contributed by atoms with Crippen molar-refractivity contribution in [2.75, 3.05) is 11.1 Å². The largest absolute Gasteiger partial charge is 0.323 e. The van der Waals surface area contributed by atoms with Crippen LogP contribution in [0.4, 0.5) is 15.8 Å². The number of carbonyl (C=O) groups is 1. The van der Waals surface area contributed by atoms with Gasteiger partial charge in [0.1, 0.15) is 10.2 Å². The third-order valence-corrected chi connectivity index (χ3v) is 5.27. The van der Waals surface area contributed by atoms with Crippen molar-refractivity contribution in [3.8, 4) is 0 Å². The van der Waals surface area contributed by atoms with Crippen LogP contribution in [0.5, 0.6) is 0 Å². The summed E-state index contributed by atoms with van der Waals surface area (Å²) in [6, 6.07) is 14.1. The van der Waals surface area contributed by atoms with Gasteiger partial charge in [0.2, 0.25) is 5.91 Å². The molecule has 0 radical (unpaired) electrons. The molecule has 0 spiro atoms. The zero-order chi connectivity index (χ0) is 15.4. The molecule has 112 valence electrons. The Labute approximate surface area is 136 Å². The molecule has 3 rings (SSSR count). The minimum Gasteiger partial charge on any atom is -0.323 e. The standard InChI is InChI=1S/C16H13FN2OS2/c17-12-6-2-4-8-14(12)18-15(20)10-22-16-19-13-7-3-1-5-11(13)9-21-16/h1-8H,9-10H2,(H,18,20). The Bertz CT molecular complexity index is 734. The molecule has 0 fully saturated rings. The van der Waals surface area contributed by atoms with E-state index in [1.54, 1.807) is 30.0 Å². The monoisotopic (exact) mass is 332 g/mol. The van der Waals surface area contributed by atoms with Crippen molar-refractivity contribution in [3.05, 3.63) is 59.9 Å². The molecular formula is C16H13FN2OS2. The Morgan fingerprint density at radius 1 is 1.23 bits per heavy atom. The van der Waals surface area contributed by atoms with E-state index in [1.807, 2.05) is 18.2 Å². The van der Waals surface area contributed by atoms with Gasteiger partial charge < -0.3 is 5.32 Å². The second-order valence-electron chi connectivity index (χ2n) is 4.61. The molecule has 0 saturated carbocycles. The number of nitrogens with one attached hydrogen (secondary N) is 1. The van der Waals surface area contributed by atoms with Gasteiger partial charge in [-0.2, -0.15) is 0 Å². The summed E-state index contributed by atoms with van der Waals surface area (Å²) in [6.45, 7) is 0. The van der Waals surface area contributed by atoms with E-state index in [9.17, 15) is 9.18 Å². The minimum atomic E-state index is -0.431. The maximum absolute atomic E-state index is 13.5. The predicted octanol–water partition coefficient (Wildman–Crippen LogP) is 4.43. The molecule has 2 aromatic rings. The fourth-order valence-electron chi connectivity index (χ4n) is 1.96. The molecule has 1 aliphatic rings.